The molecule has 7 rings (SSSR count). The van der Waals surface area contributed by atoms with E-state index in [1.165, 1.54) is 12.8 Å². The zero-order valence-electron chi connectivity index (χ0n) is 45.3. The summed E-state index contributed by atoms with van der Waals surface area (Å²) >= 11 is 0. The first-order valence-corrected chi connectivity index (χ1v) is 27.8. The molecule has 1 unspecified atom stereocenters. The maximum Gasteiger partial charge on any atom is 0.347 e. The number of nitrogens with zero attached hydrogens (tertiary/aromatic N) is 2. The number of nitriles is 2. The fourth-order valence-corrected chi connectivity index (χ4v) is 8.91. The molecule has 0 fully saturated rings. The molecule has 0 heterocycles. The first kappa shape index (κ1) is 57.4. The van der Waals surface area contributed by atoms with Crippen LogP contribution in [0, 0.1) is 22.7 Å². The molecule has 7 aromatic rings. The molecule has 0 aromatic heterocycles. The highest BCUT2D eigenvalue weighted by atomic mass is 16.5. The lowest BCUT2D eigenvalue weighted by Gasteiger charge is -2.14. The van der Waals surface area contributed by atoms with Crippen LogP contribution in [0.4, 0.5) is 0 Å². The minimum atomic E-state index is -0.543. The summed E-state index contributed by atoms with van der Waals surface area (Å²) in [4.78, 5) is 26.7. The second-order valence-corrected chi connectivity index (χ2v) is 19.6. The zero-order chi connectivity index (χ0) is 54.6. The Bertz CT molecular complexity index is 2990. The predicted octanol–water partition coefficient (Wildman–Crippen LogP) is 17.0. The highest BCUT2D eigenvalue weighted by molar-refractivity contribution is 5.94. The van der Waals surface area contributed by atoms with E-state index in [4.69, 9.17) is 38.9 Å². The molecule has 0 spiro atoms. The molecule has 0 N–H and O–H groups in total. The van der Waals surface area contributed by atoms with E-state index in [9.17, 15) is 9.59 Å². The van der Waals surface area contributed by atoms with Crippen molar-refractivity contribution in [3.05, 3.63) is 186 Å². The Morgan fingerprint density at radius 1 is 0.410 bits per heavy atom. The first-order valence-electron chi connectivity index (χ1n) is 27.8. The quantitative estimate of drug-likeness (QED) is 0.0228. The normalized spacial score (nSPS) is 11.2. The van der Waals surface area contributed by atoms with Gasteiger partial charge >= 0.3 is 11.9 Å². The van der Waals surface area contributed by atoms with Crippen LogP contribution in [0.15, 0.2) is 164 Å². The van der Waals surface area contributed by atoms with Gasteiger partial charge in [-0.15, -0.1) is 0 Å². The van der Waals surface area contributed by atoms with E-state index in [1.807, 2.05) is 134 Å². The number of unbranched alkanes of at least 4 members (excludes halogenated alkanes) is 11. The Morgan fingerprint density at radius 3 is 1.23 bits per heavy atom. The van der Waals surface area contributed by atoms with Gasteiger partial charge in [0.25, 0.3) is 0 Å². The molecule has 402 valence electrons. The highest BCUT2D eigenvalue weighted by Gasteiger charge is 2.18. The highest BCUT2D eigenvalue weighted by Crippen LogP contribution is 2.30. The Kier molecular flexibility index (Phi) is 23.3. The Hall–Kier alpha value is -8.34. The predicted molar refractivity (Wildman–Crippen MR) is 308 cm³/mol. The monoisotopic (exact) mass is 1040 g/mol. The third-order valence-electron chi connectivity index (χ3n) is 13.5. The Labute approximate surface area is 461 Å². The summed E-state index contributed by atoms with van der Waals surface area (Å²) in [5.41, 5.74) is 8.19. The molecule has 10 nitrogen and oxygen atoms in total. The van der Waals surface area contributed by atoms with Crippen LogP contribution in [0.1, 0.15) is 142 Å². The lowest BCUT2D eigenvalue weighted by molar-refractivity contribution is 0.0319. The van der Waals surface area contributed by atoms with Crippen molar-refractivity contribution in [2.75, 3.05) is 26.4 Å². The summed E-state index contributed by atoms with van der Waals surface area (Å²) in [6.45, 7) is 6.37. The molecular formula is C68H72N2O8. The van der Waals surface area contributed by atoms with Crippen molar-refractivity contribution in [2.24, 2.45) is 0 Å². The lowest BCUT2D eigenvalue weighted by atomic mass is 10.0. The van der Waals surface area contributed by atoms with E-state index in [-0.39, 0.29) is 12.1 Å². The summed E-state index contributed by atoms with van der Waals surface area (Å²) in [6.07, 6.45) is 15.0. The van der Waals surface area contributed by atoms with E-state index in [0.717, 1.165) is 128 Å². The number of benzene rings is 7. The van der Waals surface area contributed by atoms with E-state index < -0.39 is 5.97 Å². The van der Waals surface area contributed by atoms with Crippen LogP contribution in [-0.4, -0.2) is 44.5 Å². The third kappa shape index (κ3) is 18.7. The van der Waals surface area contributed by atoms with Crippen molar-refractivity contribution >= 4 is 11.9 Å². The Balaban J connectivity index is 0.851. The Morgan fingerprint density at radius 2 is 0.782 bits per heavy atom. The van der Waals surface area contributed by atoms with Crippen LogP contribution < -0.4 is 23.7 Å². The van der Waals surface area contributed by atoms with Gasteiger partial charge in [-0.25, -0.2) is 9.59 Å². The van der Waals surface area contributed by atoms with Crippen LogP contribution in [0.3, 0.4) is 0 Å². The van der Waals surface area contributed by atoms with Gasteiger partial charge < -0.3 is 28.4 Å². The first-order chi connectivity index (χ1) is 38.3. The molecule has 1 atom stereocenters. The lowest BCUT2D eigenvalue weighted by Crippen LogP contribution is -2.15. The number of carbonyl (C=O) groups excluding carboxylic acids is 2. The van der Waals surface area contributed by atoms with Crippen LogP contribution in [0.25, 0.3) is 33.4 Å². The summed E-state index contributed by atoms with van der Waals surface area (Å²) in [6, 6.07) is 55.5. The van der Waals surface area contributed by atoms with Crippen LogP contribution in [0.2, 0.25) is 0 Å². The zero-order valence-corrected chi connectivity index (χ0v) is 45.3. The molecule has 0 saturated heterocycles. The molecular weight excluding hydrogens is 973 g/mol. The number of rotatable bonds is 32. The van der Waals surface area contributed by atoms with Crippen molar-refractivity contribution in [2.45, 2.75) is 116 Å². The summed E-state index contributed by atoms with van der Waals surface area (Å²) in [5.74, 6) is 2.21. The molecule has 0 aliphatic heterocycles. The number of carbonyl (C=O) groups is 2. The fourth-order valence-electron chi connectivity index (χ4n) is 8.91. The smallest absolute Gasteiger partial charge is 0.347 e. The molecule has 0 amide bonds. The van der Waals surface area contributed by atoms with Gasteiger partial charge in [-0.3, -0.25) is 0 Å². The number of esters is 2. The standard InChI is InChI=1S/C68H72N2O8/c1-3-4-5-12-17-51(2)77-67(71)60-28-26-56(27-29-60)59-34-40-63(41-35-59)78-68(72)65-48-64(75-46-15-10-6-8-13-44-73-61-36-30-57(31-37-61)54-22-18-52(49-69)19-23-54)42-43-66(65)76-47-16-11-7-9-14-45-74-62-38-32-58(33-39-62)55-24-20-53(50-70)21-25-55/h18-43,48,51H,3-17,44-47H2,1-2H3. The van der Waals surface area contributed by atoms with Gasteiger partial charge in [0.2, 0.25) is 0 Å². The molecule has 0 saturated carbocycles. The van der Waals surface area contributed by atoms with Gasteiger partial charge in [-0.2, -0.15) is 10.5 Å². The van der Waals surface area contributed by atoms with Gasteiger partial charge in [0.1, 0.15) is 34.3 Å². The summed E-state index contributed by atoms with van der Waals surface area (Å²) in [7, 11) is 0. The largest absolute Gasteiger partial charge is 0.494 e. The van der Waals surface area contributed by atoms with Crippen LogP contribution >= 0.6 is 0 Å². The van der Waals surface area contributed by atoms with Crippen molar-refractivity contribution in [1.29, 1.82) is 10.5 Å². The fraction of sp³-hybridized carbons (Fsp3) is 0.324. The minimum absolute atomic E-state index is 0.131. The average Bonchev–Trinajstić information content (AvgIpc) is 3.48. The van der Waals surface area contributed by atoms with Crippen molar-refractivity contribution in [3.8, 4) is 74.3 Å². The summed E-state index contributed by atoms with van der Waals surface area (Å²) < 4.78 is 36.0. The number of hydrogen-bond acceptors (Lipinski definition) is 10. The number of hydrogen-bond donors (Lipinski definition) is 0. The van der Waals surface area contributed by atoms with Crippen molar-refractivity contribution in [3.63, 3.8) is 0 Å². The van der Waals surface area contributed by atoms with Crippen molar-refractivity contribution < 1.29 is 38.0 Å². The van der Waals surface area contributed by atoms with Crippen LogP contribution in [0.5, 0.6) is 28.7 Å². The third-order valence-corrected chi connectivity index (χ3v) is 13.5. The molecule has 78 heavy (non-hydrogen) atoms. The maximum atomic E-state index is 13.9. The van der Waals surface area contributed by atoms with Gasteiger partial charge in [-0.1, -0.05) is 138 Å². The average molecular weight is 1050 g/mol. The van der Waals surface area contributed by atoms with Gasteiger partial charge in [0, 0.05) is 0 Å². The molecule has 10 heteroatoms. The van der Waals surface area contributed by atoms with E-state index in [1.54, 1.807) is 36.4 Å². The number of ether oxygens (including phenoxy) is 6. The van der Waals surface area contributed by atoms with Gasteiger partial charge in [-0.05, 0) is 170 Å². The van der Waals surface area contributed by atoms with Gasteiger partial charge in [0.05, 0.1) is 61.4 Å². The van der Waals surface area contributed by atoms with E-state index >= 15 is 0 Å². The molecule has 0 aliphatic rings. The van der Waals surface area contributed by atoms with Crippen LogP contribution in [-0.2, 0) is 4.74 Å². The van der Waals surface area contributed by atoms with Gasteiger partial charge in [0.15, 0.2) is 0 Å². The van der Waals surface area contributed by atoms with E-state index in [2.05, 4.69) is 19.1 Å². The maximum absolute atomic E-state index is 13.9. The molecule has 7 aromatic carbocycles. The minimum Gasteiger partial charge on any atom is -0.494 e. The SMILES string of the molecule is CCCCCCC(C)OC(=O)c1ccc(-c2ccc(OC(=O)c3cc(OCCCCCCCOc4ccc(-c5ccc(C#N)cc5)cc4)ccc3OCCCCCCCOc3ccc(-c4ccc(C#N)cc4)cc3)cc2)cc1. The summed E-state index contributed by atoms with van der Waals surface area (Å²) in [5, 5.41) is 18.2. The topological polar surface area (TPSA) is 137 Å². The second-order valence-electron chi connectivity index (χ2n) is 19.6. The molecule has 0 bridgehead atoms. The van der Waals surface area contributed by atoms with Crippen molar-refractivity contribution in [1.82, 2.24) is 0 Å². The molecule has 0 radical (unpaired) electrons. The van der Waals surface area contributed by atoms with E-state index in [0.29, 0.717) is 65.9 Å². The molecule has 0 aliphatic carbocycles. The second kappa shape index (κ2) is 31.6.